The summed E-state index contributed by atoms with van der Waals surface area (Å²) < 4.78 is 63.5. The van der Waals surface area contributed by atoms with Gasteiger partial charge in [0.05, 0.1) is 49.3 Å². The third kappa shape index (κ3) is 9.28. The Balaban J connectivity index is 1.17. The van der Waals surface area contributed by atoms with Crippen molar-refractivity contribution < 1.29 is 67.5 Å². The molecule has 7 rings (SSSR count). The van der Waals surface area contributed by atoms with Crippen molar-refractivity contribution in [3.8, 4) is 0 Å². The van der Waals surface area contributed by atoms with Gasteiger partial charge in [-0.15, -0.1) is 0 Å². The Morgan fingerprint density at radius 3 is 2.35 bits per heavy atom. The molecule has 2 bridgehead atoms. The van der Waals surface area contributed by atoms with E-state index in [-0.39, 0.29) is 30.8 Å². The van der Waals surface area contributed by atoms with Gasteiger partial charge in [0.2, 0.25) is 0 Å². The summed E-state index contributed by atoms with van der Waals surface area (Å²) in [5.74, 6) is -2.37. The van der Waals surface area contributed by atoms with Gasteiger partial charge in [0.1, 0.15) is 42.0 Å². The zero-order valence-corrected chi connectivity index (χ0v) is 36.9. The van der Waals surface area contributed by atoms with Crippen molar-refractivity contribution in [2.75, 3.05) is 20.8 Å². The van der Waals surface area contributed by atoms with Crippen molar-refractivity contribution in [3.05, 3.63) is 47.1 Å². The van der Waals surface area contributed by atoms with Crippen molar-refractivity contribution in [2.24, 2.45) is 17.8 Å². The second-order valence-corrected chi connectivity index (χ2v) is 18.4. The van der Waals surface area contributed by atoms with E-state index in [4.69, 9.17) is 47.4 Å². The molecule has 3 N–H and O–H groups in total. The number of hydrogen-bond acceptors (Lipinski definition) is 14. The first-order valence-corrected chi connectivity index (χ1v) is 22.3. The SMILES string of the molecule is CCC1OC2(CCC1C)CC1CC(CC=C(C)C(OC3CC(OC)C(OC4CC(OC)C(O)C(C)O4)C(C)O3)C(C)C=CC=C3COC4C(O)C(C)=CC(C(=O)O1)C34O)O2. The molecule has 0 saturated carbocycles. The topological polar surface area (TPSA) is 170 Å². The Bertz CT molecular complexity index is 1630. The van der Waals surface area contributed by atoms with Crippen molar-refractivity contribution in [1.29, 1.82) is 0 Å². The molecule has 14 nitrogen and oxygen atoms in total. The number of fused-ring (bicyclic) bond motifs is 2. The molecule has 1 spiro atoms. The first kappa shape index (κ1) is 46.0. The first-order chi connectivity index (χ1) is 28.6. The molecule has 0 aromatic rings. The van der Waals surface area contributed by atoms with E-state index in [2.05, 4.69) is 26.8 Å². The maximum Gasteiger partial charge on any atom is 0.316 e. The van der Waals surface area contributed by atoms with Gasteiger partial charge in [0, 0.05) is 52.2 Å². The van der Waals surface area contributed by atoms with E-state index in [9.17, 15) is 20.1 Å². The Labute approximate surface area is 355 Å². The van der Waals surface area contributed by atoms with Crippen LogP contribution in [0.4, 0.5) is 0 Å². The fraction of sp³-hybridized carbons (Fsp3) is 0.804. The summed E-state index contributed by atoms with van der Waals surface area (Å²) in [5.41, 5.74) is 0.192. The quantitative estimate of drug-likeness (QED) is 0.232. The Morgan fingerprint density at radius 2 is 1.62 bits per heavy atom. The van der Waals surface area contributed by atoms with E-state index < -0.39 is 90.8 Å². The lowest BCUT2D eigenvalue weighted by Crippen LogP contribution is -2.58. The molecule has 19 atom stereocenters. The smallest absolute Gasteiger partial charge is 0.316 e. The van der Waals surface area contributed by atoms with E-state index in [0.29, 0.717) is 55.6 Å². The van der Waals surface area contributed by atoms with Crippen LogP contribution in [0, 0.1) is 17.8 Å². The predicted molar refractivity (Wildman–Crippen MR) is 218 cm³/mol. The Morgan fingerprint density at radius 1 is 0.900 bits per heavy atom. The largest absolute Gasteiger partial charge is 0.462 e. The summed E-state index contributed by atoms with van der Waals surface area (Å²) in [6, 6.07) is 0. The molecule has 0 aromatic carbocycles. The number of aliphatic hydroxyl groups is 3. The Kier molecular flexibility index (Phi) is 14.5. The average Bonchev–Trinajstić information content (AvgIpc) is 3.56. The second-order valence-electron chi connectivity index (χ2n) is 18.4. The molecule has 5 fully saturated rings. The number of carbonyl (C=O) groups is 1. The normalized spacial score (nSPS) is 47.8. The van der Waals surface area contributed by atoms with Crippen LogP contribution in [0.25, 0.3) is 0 Å². The van der Waals surface area contributed by atoms with E-state index in [0.717, 1.165) is 18.4 Å². The summed E-state index contributed by atoms with van der Waals surface area (Å²) in [7, 11) is 3.22. The Hall–Kier alpha value is -2.05. The standard InChI is InChI=1S/C46H70O14/c1-10-34-24(2)16-17-45(60-34)22-32-19-31(59-45)15-14-26(4)41(25(3)12-11-13-30-23-53-43-39(47)27(5)18-33(44(49)56-32)46(30,43)50)57-38-21-36(52-9)42(29(7)55-38)58-37-20-35(51-8)40(48)28(6)54-37/h11-14,18,24-25,28-29,31-43,47-48,50H,10,15-17,19-23H2,1-9H3. The lowest BCUT2D eigenvalue weighted by atomic mass is 9.71. The van der Waals surface area contributed by atoms with Gasteiger partial charge < -0.3 is 62.7 Å². The summed E-state index contributed by atoms with van der Waals surface area (Å²) >= 11 is 0. The van der Waals surface area contributed by atoms with Gasteiger partial charge >= 0.3 is 5.97 Å². The van der Waals surface area contributed by atoms with Crippen LogP contribution in [-0.4, -0.2) is 139 Å². The number of aliphatic hydroxyl groups excluding tert-OH is 2. The van der Waals surface area contributed by atoms with Crippen LogP contribution < -0.4 is 0 Å². The summed E-state index contributed by atoms with van der Waals surface area (Å²) in [4.78, 5) is 14.3. The van der Waals surface area contributed by atoms with Gasteiger partial charge in [-0.05, 0) is 69.6 Å². The van der Waals surface area contributed by atoms with Crippen molar-refractivity contribution in [1.82, 2.24) is 0 Å². The molecule has 6 aliphatic heterocycles. The van der Waals surface area contributed by atoms with Crippen LogP contribution >= 0.6 is 0 Å². The second kappa shape index (κ2) is 19.0. The van der Waals surface area contributed by atoms with Crippen molar-refractivity contribution in [3.63, 3.8) is 0 Å². The molecule has 60 heavy (non-hydrogen) atoms. The highest BCUT2D eigenvalue weighted by Crippen LogP contribution is 2.47. The molecule has 6 heterocycles. The third-order valence-corrected chi connectivity index (χ3v) is 14.2. The average molecular weight is 847 g/mol. The molecule has 7 aliphatic rings. The van der Waals surface area contributed by atoms with Crippen LogP contribution in [0.1, 0.15) is 99.8 Å². The number of hydrogen-bond donors (Lipinski definition) is 3. The number of methoxy groups -OCH3 is 2. The van der Waals surface area contributed by atoms with Crippen LogP contribution in [-0.2, 0) is 52.2 Å². The fourth-order valence-electron chi connectivity index (χ4n) is 10.6. The lowest BCUT2D eigenvalue weighted by Gasteiger charge is -2.50. The van der Waals surface area contributed by atoms with Crippen molar-refractivity contribution in [2.45, 2.75) is 197 Å². The minimum atomic E-state index is -1.82. The molecule has 1 aliphatic carbocycles. The molecular weight excluding hydrogens is 776 g/mol. The highest BCUT2D eigenvalue weighted by molar-refractivity contribution is 5.78. The first-order valence-electron chi connectivity index (χ1n) is 22.3. The molecule has 5 saturated heterocycles. The summed E-state index contributed by atoms with van der Waals surface area (Å²) in [6.07, 6.45) is 6.46. The summed E-state index contributed by atoms with van der Waals surface area (Å²) in [6.45, 7) is 14.0. The van der Waals surface area contributed by atoms with E-state index in [1.807, 2.05) is 26.0 Å². The number of allylic oxidation sites excluding steroid dienone is 2. The maximum atomic E-state index is 14.3. The van der Waals surface area contributed by atoms with Crippen LogP contribution in [0.3, 0.4) is 0 Å². The maximum absolute atomic E-state index is 14.3. The van der Waals surface area contributed by atoms with Crippen LogP contribution in [0.2, 0.25) is 0 Å². The van der Waals surface area contributed by atoms with Gasteiger partial charge in [0.25, 0.3) is 0 Å². The molecule has 0 radical (unpaired) electrons. The molecule has 338 valence electrons. The monoisotopic (exact) mass is 846 g/mol. The van der Waals surface area contributed by atoms with E-state index in [1.165, 1.54) is 0 Å². The lowest BCUT2D eigenvalue weighted by molar-refractivity contribution is -0.335. The highest BCUT2D eigenvalue weighted by Gasteiger charge is 2.60. The van der Waals surface area contributed by atoms with Gasteiger partial charge in [-0.1, -0.05) is 51.2 Å². The fourth-order valence-corrected chi connectivity index (χ4v) is 10.6. The number of esters is 1. The van der Waals surface area contributed by atoms with Gasteiger partial charge in [0.15, 0.2) is 18.4 Å². The molecule has 14 heteroatoms. The highest BCUT2D eigenvalue weighted by atomic mass is 16.7. The van der Waals surface area contributed by atoms with Crippen molar-refractivity contribution >= 4 is 5.97 Å². The predicted octanol–water partition coefficient (Wildman–Crippen LogP) is 4.97. The summed E-state index contributed by atoms with van der Waals surface area (Å²) in [5, 5.41) is 34.1. The van der Waals surface area contributed by atoms with Crippen LogP contribution in [0.5, 0.6) is 0 Å². The molecule has 19 unspecified atom stereocenters. The molecule has 0 amide bonds. The van der Waals surface area contributed by atoms with Crippen LogP contribution in [0.15, 0.2) is 47.1 Å². The van der Waals surface area contributed by atoms with Gasteiger partial charge in [-0.2, -0.15) is 0 Å². The number of carbonyl (C=O) groups excluding carboxylic acids is 1. The minimum Gasteiger partial charge on any atom is -0.462 e. The van der Waals surface area contributed by atoms with Gasteiger partial charge in [-0.3, -0.25) is 4.79 Å². The minimum absolute atomic E-state index is 0.0114. The molecule has 0 aromatic heterocycles. The third-order valence-electron chi connectivity index (χ3n) is 14.2. The number of ether oxygens (including phenoxy) is 10. The molecular formula is C46H70O14. The van der Waals surface area contributed by atoms with Gasteiger partial charge in [-0.25, -0.2) is 0 Å². The van der Waals surface area contributed by atoms with E-state index >= 15 is 0 Å². The van der Waals surface area contributed by atoms with E-state index in [1.54, 1.807) is 40.2 Å². The number of rotatable bonds is 7. The zero-order chi connectivity index (χ0) is 43.1. The zero-order valence-electron chi connectivity index (χ0n) is 36.9.